The number of rotatable bonds is 5. The summed E-state index contributed by atoms with van der Waals surface area (Å²) in [5.74, 6) is 0.756. The molecule has 0 saturated heterocycles. The van der Waals surface area contributed by atoms with Gasteiger partial charge in [0.1, 0.15) is 5.76 Å². The average Bonchev–Trinajstić information content (AvgIpc) is 2.18. The Morgan fingerprint density at radius 1 is 1.47 bits per heavy atom. The van der Waals surface area contributed by atoms with Gasteiger partial charge in [0.05, 0.1) is 6.61 Å². The zero-order valence-electron chi connectivity index (χ0n) is 9.76. The smallest absolute Gasteiger partial charge is 0.119 e. The minimum absolute atomic E-state index is 0.663. The fourth-order valence-electron chi connectivity index (χ4n) is 1.60. The van der Waals surface area contributed by atoms with Gasteiger partial charge in [0.15, 0.2) is 0 Å². The number of ether oxygens (including phenoxy) is 1. The quantitative estimate of drug-likeness (QED) is 0.746. The number of nitrogens with one attached hydrogen (secondary N) is 1. The first kappa shape index (κ1) is 11.8. The maximum Gasteiger partial charge on any atom is 0.119 e. The van der Waals surface area contributed by atoms with Crippen LogP contribution < -0.4 is 5.32 Å². The van der Waals surface area contributed by atoms with Crippen LogP contribution in [0.25, 0.3) is 5.76 Å². The van der Waals surface area contributed by atoms with Crippen LogP contribution in [-0.4, -0.2) is 13.7 Å². The van der Waals surface area contributed by atoms with Gasteiger partial charge < -0.3 is 10.1 Å². The van der Waals surface area contributed by atoms with Crippen LogP contribution in [0.2, 0.25) is 0 Å². The van der Waals surface area contributed by atoms with E-state index in [1.165, 1.54) is 11.1 Å². The van der Waals surface area contributed by atoms with Gasteiger partial charge in [-0.05, 0) is 32.0 Å². The van der Waals surface area contributed by atoms with Crippen molar-refractivity contribution in [2.75, 3.05) is 13.7 Å². The SMILES string of the molecule is C=C(OCC)c1ccc(CNC)cc1C. The predicted molar refractivity (Wildman–Crippen MR) is 64.6 cm³/mol. The van der Waals surface area contributed by atoms with E-state index in [1.807, 2.05) is 14.0 Å². The normalized spacial score (nSPS) is 10.1. The van der Waals surface area contributed by atoms with E-state index in [0.29, 0.717) is 6.61 Å². The molecule has 2 nitrogen and oxygen atoms in total. The topological polar surface area (TPSA) is 21.3 Å². The van der Waals surface area contributed by atoms with E-state index in [-0.39, 0.29) is 0 Å². The van der Waals surface area contributed by atoms with Crippen LogP contribution in [0.5, 0.6) is 0 Å². The molecule has 0 atom stereocenters. The second kappa shape index (κ2) is 5.56. The molecule has 0 aliphatic heterocycles. The molecule has 0 saturated carbocycles. The molecular formula is C13H19NO. The van der Waals surface area contributed by atoms with Crippen molar-refractivity contribution >= 4 is 5.76 Å². The molecule has 0 fully saturated rings. The first-order valence-corrected chi connectivity index (χ1v) is 5.25. The summed E-state index contributed by atoms with van der Waals surface area (Å²) in [5, 5.41) is 3.13. The van der Waals surface area contributed by atoms with Gasteiger partial charge in [-0.15, -0.1) is 0 Å². The lowest BCUT2D eigenvalue weighted by atomic mass is 10.0. The summed E-state index contributed by atoms with van der Waals surface area (Å²) in [5.41, 5.74) is 3.58. The molecule has 15 heavy (non-hydrogen) atoms. The molecule has 82 valence electrons. The molecule has 0 unspecified atom stereocenters. The fourth-order valence-corrected chi connectivity index (χ4v) is 1.60. The fraction of sp³-hybridized carbons (Fsp3) is 0.385. The van der Waals surface area contributed by atoms with E-state index >= 15 is 0 Å². The van der Waals surface area contributed by atoms with E-state index in [9.17, 15) is 0 Å². The molecule has 1 N–H and O–H groups in total. The van der Waals surface area contributed by atoms with Crippen LogP contribution in [-0.2, 0) is 11.3 Å². The van der Waals surface area contributed by atoms with Gasteiger partial charge in [0.25, 0.3) is 0 Å². The van der Waals surface area contributed by atoms with Crippen molar-refractivity contribution in [1.29, 1.82) is 0 Å². The Hall–Kier alpha value is -1.28. The maximum absolute atomic E-state index is 5.40. The van der Waals surface area contributed by atoms with Crippen molar-refractivity contribution in [3.8, 4) is 0 Å². The van der Waals surface area contributed by atoms with Crippen LogP contribution in [0.1, 0.15) is 23.6 Å². The summed E-state index contributed by atoms with van der Waals surface area (Å²) in [6, 6.07) is 6.33. The molecule has 0 bridgehead atoms. The lowest BCUT2D eigenvalue weighted by molar-refractivity contribution is 0.299. The number of hydrogen-bond donors (Lipinski definition) is 1. The zero-order valence-corrected chi connectivity index (χ0v) is 9.76. The molecule has 0 radical (unpaired) electrons. The molecule has 1 aromatic rings. The average molecular weight is 205 g/mol. The van der Waals surface area contributed by atoms with Crippen LogP contribution in [0.3, 0.4) is 0 Å². The minimum Gasteiger partial charge on any atom is -0.494 e. The van der Waals surface area contributed by atoms with E-state index < -0.39 is 0 Å². The van der Waals surface area contributed by atoms with E-state index in [0.717, 1.165) is 17.9 Å². The molecule has 0 spiro atoms. The van der Waals surface area contributed by atoms with Crippen molar-refractivity contribution in [2.24, 2.45) is 0 Å². The third-order valence-corrected chi connectivity index (χ3v) is 2.29. The second-order valence-electron chi connectivity index (χ2n) is 3.54. The predicted octanol–water partition coefficient (Wildman–Crippen LogP) is 2.72. The third kappa shape index (κ3) is 3.10. The number of benzene rings is 1. The third-order valence-electron chi connectivity index (χ3n) is 2.29. The van der Waals surface area contributed by atoms with Crippen molar-refractivity contribution in [3.63, 3.8) is 0 Å². The monoisotopic (exact) mass is 205 g/mol. The van der Waals surface area contributed by atoms with Crippen LogP contribution in [0.4, 0.5) is 0 Å². The van der Waals surface area contributed by atoms with E-state index in [2.05, 4.69) is 37.0 Å². The highest BCUT2D eigenvalue weighted by Gasteiger charge is 2.04. The summed E-state index contributed by atoms with van der Waals surface area (Å²) in [4.78, 5) is 0. The summed E-state index contributed by atoms with van der Waals surface area (Å²) < 4.78 is 5.40. The molecule has 1 aromatic carbocycles. The highest BCUT2D eigenvalue weighted by molar-refractivity contribution is 5.61. The van der Waals surface area contributed by atoms with Gasteiger partial charge in [0.2, 0.25) is 0 Å². The van der Waals surface area contributed by atoms with Crippen molar-refractivity contribution < 1.29 is 4.74 Å². The van der Waals surface area contributed by atoms with Gasteiger partial charge in [0, 0.05) is 12.1 Å². The van der Waals surface area contributed by atoms with Crippen LogP contribution in [0.15, 0.2) is 24.8 Å². The van der Waals surface area contributed by atoms with E-state index in [4.69, 9.17) is 4.74 Å². The maximum atomic E-state index is 5.40. The number of hydrogen-bond acceptors (Lipinski definition) is 2. The lowest BCUT2D eigenvalue weighted by Gasteiger charge is -2.11. The van der Waals surface area contributed by atoms with Gasteiger partial charge >= 0.3 is 0 Å². The Morgan fingerprint density at radius 2 is 2.20 bits per heavy atom. The summed E-state index contributed by atoms with van der Waals surface area (Å²) in [7, 11) is 1.95. The standard InChI is InChI=1S/C13H19NO/c1-5-15-11(3)13-7-6-12(9-14-4)8-10(13)2/h6-8,14H,3,5,9H2,1-2,4H3. The Morgan fingerprint density at radius 3 is 2.73 bits per heavy atom. The Bertz CT molecular complexity index is 344. The molecule has 2 heteroatoms. The largest absolute Gasteiger partial charge is 0.494 e. The highest BCUT2D eigenvalue weighted by atomic mass is 16.5. The first-order chi connectivity index (χ1) is 7.19. The van der Waals surface area contributed by atoms with Crippen LogP contribution >= 0.6 is 0 Å². The summed E-state index contributed by atoms with van der Waals surface area (Å²) in [6.45, 7) is 9.52. The van der Waals surface area contributed by atoms with Gasteiger partial charge in [-0.3, -0.25) is 0 Å². The van der Waals surface area contributed by atoms with Crippen LogP contribution in [0, 0.1) is 6.92 Å². The van der Waals surface area contributed by atoms with Gasteiger partial charge in [-0.1, -0.05) is 24.8 Å². The molecule has 0 amide bonds. The van der Waals surface area contributed by atoms with Crippen molar-refractivity contribution in [3.05, 3.63) is 41.5 Å². The Balaban J connectivity index is 2.87. The Labute approximate surface area is 92.0 Å². The lowest BCUT2D eigenvalue weighted by Crippen LogP contribution is -2.05. The zero-order chi connectivity index (χ0) is 11.3. The molecule has 1 rings (SSSR count). The second-order valence-corrected chi connectivity index (χ2v) is 3.54. The van der Waals surface area contributed by atoms with Crippen molar-refractivity contribution in [1.82, 2.24) is 5.32 Å². The van der Waals surface area contributed by atoms with Gasteiger partial charge in [-0.25, -0.2) is 0 Å². The summed E-state index contributed by atoms with van der Waals surface area (Å²) in [6.07, 6.45) is 0. The Kier molecular flexibility index (Phi) is 4.37. The summed E-state index contributed by atoms with van der Waals surface area (Å²) >= 11 is 0. The van der Waals surface area contributed by atoms with E-state index in [1.54, 1.807) is 0 Å². The molecule has 0 aliphatic carbocycles. The highest BCUT2D eigenvalue weighted by Crippen LogP contribution is 2.19. The molecule has 0 aliphatic rings. The minimum atomic E-state index is 0.663. The molecule has 0 heterocycles. The van der Waals surface area contributed by atoms with Crippen molar-refractivity contribution in [2.45, 2.75) is 20.4 Å². The van der Waals surface area contributed by atoms with Gasteiger partial charge in [-0.2, -0.15) is 0 Å². The molecular weight excluding hydrogens is 186 g/mol. The molecule has 0 aromatic heterocycles. The number of aryl methyl sites for hydroxylation is 1. The first-order valence-electron chi connectivity index (χ1n) is 5.25.